The second-order valence-electron chi connectivity index (χ2n) is 5.86. The average molecular weight is 272 g/mol. The molecular formula is C17H17FO2. The lowest BCUT2D eigenvalue weighted by molar-refractivity contribution is 0.138. The third kappa shape index (κ3) is 2.41. The van der Waals surface area contributed by atoms with Gasteiger partial charge in [0.25, 0.3) is 0 Å². The van der Waals surface area contributed by atoms with Crippen LogP contribution in [0.2, 0.25) is 0 Å². The van der Waals surface area contributed by atoms with E-state index in [1.165, 1.54) is 12.1 Å². The van der Waals surface area contributed by atoms with Crippen LogP contribution >= 0.6 is 0 Å². The first kappa shape index (κ1) is 13.1. The van der Waals surface area contributed by atoms with Crippen LogP contribution in [-0.4, -0.2) is 10.7 Å². The van der Waals surface area contributed by atoms with Crippen molar-refractivity contribution in [1.29, 1.82) is 0 Å². The second kappa shape index (κ2) is 4.60. The minimum atomic E-state index is -0.820. The summed E-state index contributed by atoms with van der Waals surface area (Å²) in [6.07, 6.45) is -0.00816. The Balaban J connectivity index is 1.93. The zero-order chi connectivity index (χ0) is 14.3. The Morgan fingerprint density at radius 2 is 1.90 bits per heavy atom. The maximum Gasteiger partial charge on any atom is 0.123 e. The Kier molecular flexibility index (Phi) is 3.02. The quantitative estimate of drug-likeness (QED) is 0.904. The summed E-state index contributed by atoms with van der Waals surface area (Å²) >= 11 is 0. The highest BCUT2D eigenvalue weighted by Crippen LogP contribution is 2.37. The molecule has 0 bridgehead atoms. The minimum Gasteiger partial charge on any atom is -0.487 e. The summed E-state index contributed by atoms with van der Waals surface area (Å²) in [4.78, 5) is 0. The molecule has 1 N–H and O–H groups in total. The number of halogens is 1. The maximum atomic E-state index is 13.2. The van der Waals surface area contributed by atoms with E-state index >= 15 is 0 Å². The first-order valence-electron chi connectivity index (χ1n) is 6.70. The lowest BCUT2D eigenvalue weighted by Gasteiger charge is -2.16. The van der Waals surface area contributed by atoms with Gasteiger partial charge in [0.1, 0.15) is 23.3 Å². The smallest absolute Gasteiger partial charge is 0.123 e. The summed E-state index contributed by atoms with van der Waals surface area (Å²) in [5.74, 6) is 0.525. The highest BCUT2D eigenvalue weighted by atomic mass is 19.1. The van der Waals surface area contributed by atoms with Crippen LogP contribution in [0.25, 0.3) is 0 Å². The van der Waals surface area contributed by atoms with Crippen LogP contribution in [0.3, 0.4) is 0 Å². The Labute approximate surface area is 117 Å². The Hall–Kier alpha value is -1.87. The summed E-state index contributed by atoms with van der Waals surface area (Å²) in [5.41, 5.74) is 2.20. The average Bonchev–Trinajstić information content (AvgIpc) is 2.70. The van der Waals surface area contributed by atoms with Crippen LogP contribution in [0.4, 0.5) is 4.39 Å². The van der Waals surface area contributed by atoms with E-state index in [0.717, 1.165) is 23.3 Å². The SMILES string of the molecule is CC1(C)Cc2cc(C(O)c3cccc(F)c3)ccc2O1. The zero-order valence-electron chi connectivity index (χ0n) is 11.6. The Bertz CT molecular complexity index is 649. The Morgan fingerprint density at radius 1 is 1.15 bits per heavy atom. The molecule has 0 spiro atoms. The number of hydrogen-bond acceptors (Lipinski definition) is 2. The van der Waals surface area contributed by atoms with Gasteiger partial charge in [0.2, 0.25) is 0 Å². The second-order valence-corrected chi connectivity index (χ2v) is 5.86. The predicted octanol–water partition coefficient (Wildman–Crippen LogP) is 3.62. The van der Waals surface area contributed by atoms with Crippen LogP contribution in [0.5, 0.6) is 5.75 Å². The normalized spacial score (nSPS) is 17.4. The summed E-state index contributed by atoms with van der Waals surface area (Å²) in [5, 5.41) is 10.4. The molecule has 2 aromatic rings. The molecule has 0 amide bonds. The summed E-state index contributed by atoms with van der Waals surface area (Å²) in [6, 6.07) is 11.7. The number of benzene rings is 2. The molecule has 3 heteroatoms. The largest absolute Gasteiger partial charge is 0.487 e. The molecular weight excluding hydrogens is 255 g/mol. The van der Waals surface area contributed by atoms with Crippen LogP contribution in [0.15, 0.2) is 42.5 Å². The fraction of sp³-hybridized carbons (Fsp3) is 0.294. The molecule has 0 saturated carbocycles. The molecule has 104 valence electrons. The molecule has 1 aliphatic heterocycles. The number of ether oxygens (including phenoxy) is 1. The van der Waals surface area contributed by atoms with E-state index in [0.29, 0.717) is 5.56 Å². The lowest BCUT2D eigenvalue weighted by atomic mass is 9.96. The van der Waals surface area contributed by atoms with Crippen molar-refractivity contribution in [1.82, 2.24) is 0 Å². The van der Waals surface area contributed by atoms with E-state index in [9.17, 15) is 9.50 Å². The first-order chi connectivity index (χ1) is 9.44. The lowest BCUT2D eigenvalue weighted by Crippen LogP contribution is -2.24. The van der Waals surface area contributed by atoms with Crippen LogP contribution in [0, 0.1) is 5.82 Å². The standard InChI is InChI=1S/C17H17FO2/c1-17(2)10-13-8-12(6-7-15(13)20-17)16(19)11-4-3-5-14(18)9-11/h3-9,16,19H,10H2,1-2H3. The number of rotatable bonds is 2. The highest BCUT2D eigenvalue weighted by molar-refractivity contribution is 5.44. The van der Waals surface area contributed by atoms with E-state index in [1.807, 2.05) is 32.0 Å². The van der Waals surface area contributed by atoms with Gasteiger partial charge in [-0.2, -0.15) is 0 Å². The van der Waals surface area contributed by atoms with Gasteiger partial charge >= 0.3 is 0 Å². The number of aliphatic hydroxyl groups is 1. The van der Waals surface area contributed by atoms with Gasteiger partial charge in [0.15, 0.2) is 0 Å². The molecule has 2 nitrogen and oxygen atoms in total. The monoisotopic (exact) mass is 272 g/mol. The Morgan fingerprint density at radius 3 is 2.65 bits per heavy atom. The maximum absolute atomic E-state index is 13.2. The van der Waals surface area contributed by atoms with Gasteiger partial charge in [0, 0.05) is 6.42 Å². The fourth-order valence-corrected chi connectivity index (χ4v) is 2.67. The molecule has 0 radical (unpaired) electrons. The minimum absolute atomic E-state index is 0.204. The van der Waals surface area contributed by atoms with Crippen molar-refractivity contribution >= 4 is 0 Å². The molecule has 3 rings (SSSR count). The molecule has 0 aromatic heterocycles. The molecule has 2 aromatic carbocycles. The topological polar surface area (TPSA) is 29.5 Å². The van der Waals surface area contributed by atoms with Crippen molar-refractivity contribution < 1.29 is 14.2 Å². The van der Waals surface area contributed by atoms with E-state index in [-0.39, 0.29) is 11.4 Å². The van der Waals surface area contributed by atoms with E-state index < -0.39 is 6.10 Å². The van der Waals surface area contributed by atoms with Crippen LogP contribution in [-0.2, 0) is 6.42 Å². The molecule has 1 aliphatic rings. The third-order valence-corrected chi connectivity index (χ3v) is 3.57. The molecule has 1 unspecified atom stereocenters. The van der Waals surface area contributed by atoms with Gasteiger partial charge in [-0.1, -0.05) is 18.2 Å². The molecule has 0 aliphatic carbocycles. The summed E-state index contributed by atoms with van der Waals surface area (Å²) < 4.78 is 19.0. The predicted molar refractivity (Wildman–Crippen MR) is 75.3 cm³/mol. The molecule has 1 atom stereocenters. The molecule has 0 fully saturated rings. The van der Waals surface area contributed by atoms with Crippen molar-refractivity contribution in [3.63, 3.8) is 0 Å². The van der Waals surface area contributed by atoms with Gasteiger partial charge in [-0.15, -0.1) is 0 Å². The van der Waals surface area contributed by atoms with Crippen LogP contribution in [0.1, 0.15) is 36.6 Å². The van der Waals surface area contributed by atoms with Gasteiger partial charge in [-0.25, -0.2) is 4.39 Å². The third-order valence-electron chi connectivity index (χ3n) is 3.57. The van der Waals surface area contributed by atoms with Crippen molar-refractivity contribution in [3.8, 4) is 5.75 Å². The fourth-order valence-electron chi connectivity index (χ4n) is 2.67. The van der Waals surface area contributed by atoms with Gasteiger partial charge in [0.05, 0.1) is 0 Å². The summed E-state index contributed by atoms with van der Waals surface area (Å²) in [7, 11) is 0. The van der Waals surface area contributed by atoms with Gasteiger partial charge in [-0.05, 0) is 54.8 Å². The first-order valence-corrected chi connectivity index (χ1v) is 6.70. The number of fused-ring (bicyclic) bond motifs is 1. The van der Waals surface area contributed by atoms with Gasteiger partial charge < -0.3 is 9.84 Å². The van der Waals surface area contributed by atoms with Gasteiger partial charge in [-0.3, -0.25) is 0 Å². The van der Waals surface area contributed by atoms with Crippen molar-refractivity contribution in [2.24, 2.45) is 0 Å². The van der Waals surface area contributed by atoms with Crippen molar-refractivity contribution in [2.45, 2.75) is 32.0 Å². The van der Waals surface area contributed by atoms with Crippen LogP contribution < -0.4 is 4.74 Å². The zero-order valence-corrected chi connectivity index (χ0v) is 11.6. The summed E-state index contributed by atoms with van der Waals surface area (Å²) in [6.45, 7) is 4.07. The number of aliphatic hydroxyl groups excluding tert-OH is 1. The number of hydrogen-bond donors (Lipinski definition) is 1. The highest BCUT2D eigenvalue weighted by Gasteiger charge is 2.30. The molecule has 1 heterocycles. The van der Waals surface area contributed by atoms with E-state index in [1.54, 1.807) is 12.1 Å². The van der Waals surface area contributed by atoms with Crippen molar-refractivity contribution in [2.75, 3.05) is 0 Å². The van der Waals surface area contributed by atoms with E-state index in [4.69, 9.17) is 4.74 Å². The molecule has 20 heavy (non-hydrogen) atoms. The van der Waals surface area contributed by atoms with E-state index in [2.05, 4.69) is 0 Å². The molecule has 0 saturated heterocycles. The van der Waals surface area contributed by atoms with Crippen molar-refractivity contribution in [3.05, 3.63) is 65.0 Å².